The molecule has 7 heteroatoms. The van der Waals surface area contributed by atoms with Crippen LogP contribution in [0.2, 0.25) is 0 Å². The summed E-state index contributed by atoms with van der Waals surface area (Å²) in [4.78, 5) is 10.8. The van der Waals surface area contributed by atoms with Gasteiger partial charge in [-0.1, -0.05) is 12.1 Å². The number of carbonyl (C=O) groups is 1. The predicted molar refractivity (Wildman–Crippen MR) is 77.0 cm³/mol. The predicted octanol–water partition coefficient (Wildman–Crippen LogP) is 1.63. The summed E-state index contributed by atoms with van der Waals surface area (Å²) in [7, 11) is -3.74. The van der Waals surface area contributed by atoms with E-state index in [9.17, 15) is 13.2 Å². The molecule has 1 aromatic carbocycles. The molecule has 0 heterocycles. The lowest BCUT2D eigenvalue weighted by Gasteiger charge is -2.25. The van der Waals surface area contributed by atoms with Crippen LogP contribution in [0.25, 0.3) is 0 Å². The van der Waals surface area contributed by atoms with E-state index in [0.717, 1.165) is 5.56 Å². The monoisotopic (exact) mass is 310 g/mol. The second kappa shape index (κ2) is 7.20. The lowest BCUT2D eigenvalue weighted by atomic mass is 10.2. The highest BCUT2D eigenvalue weighted by molar-refractivity contribution is 7.89. The number of carboxylic acid groups (broad SMARTS) is 1. The average Bonchev–Trinajstić information content (AvgIpc) is 2.38. The van der Waals surface area contributed by atoms with Gasteiger partial charge < -0.3 is 5.11 Å². The first-order chi connectivity index (χ1) is 9.78. The SMILES string of the molecule is CC(C)N(CCC(=O)O)S(=O)(=O)c1ccc(CC#N)cc1. The molecule has 21 heavy (non-hydrogen) atoms. The largest absolute Gasteiger partial charge is 0.481 e. The number of sulfonamides is 1. The lowest BCUT2D eigenvalue weighted by molar-refractivity contribution is -0.137. The molecule has 1 N–H and O–H groups in total. The summed E-state index contributed by atoms with van der Waals surface area (Å²) in [5.74, 6) is -1.04. The lowest BCUT2D eigenvalue weighted by Crippen LogP contribution is -2.38. The zero-order valence-corrected chi connectivity index (χ0v) is 12.8. The third-order valence-electron chi connectivity index (χ3n) is 2.94. The summed E-state index contributed by atoms with van der Waals surface area (Å²) in [6.45, 7) is 3.32. The van der Waals surface area contributed by atoms with Crippen molar-refractivity contribution in [3.8, 4) is 6.07 Å². The van der Waals surface area contributed by atoms with E-state index in [0.29, 0.717) is 0 Å². The van der Waals surface area contributed by atoms with Crippen LogP contribution >= 0.6 is 0 Å². The van der Waals surface area contributed by atoms with Gasteiger partial charge in [0.05, 0.1) is 23.8 Å². The second-order valence-electron chi connectivity index (χ2n) is 4.83. The van der Waals surface area contributed by atoms with Crippen LogP contribution in [0.3, 0.4) is 0 Å². The number of hydrogen-bond donors (Lipinski definition) is 1. The van der Waals surface area contributed by atoms with Gasteiger partial charge in [0, 0.05) is 12.6 Å². The maximum absolute atomic E-state index is 12.5. The molecule has 0 radical (unpaired) electrons. The Morgan fingerprint density at radius 1 is 1.33 bits per heavy atom. The quantitative estimate of drug-likeness (QED) is 0.825. The van der Waals surface area contributed by atoms with Crippen LogP contribution < -0.4 is 0 Å². The highest BCUT2D eigenvalue weighted by Crippen LogP contribution is 2.19. The summed E-state index contributed by atoms with van der Waals surface area (Å²) in [5.41, 5.74) is 0.734. The summed E-state index contributed by atoms with van der Waals surface area (Å²) < 4.78 is 26.2. The molecule has 1 aromatic rings. The van der Waals surface area contributed by atoms with E-state index in [4.69, 9.17) is 10.4 Å². The van der Waals surface area contributed by atoms with E-state index in [2.05, 4.69) is 0 Å². The van der Waals surface area contributed by atoms with E-state index >= 15 is 0 Å². The van der Waals surface area contributed by atoms with Crippen LogP contribution in [0.15, 0.2) is 29.2 Å². The van der Waals surface area contributed by atoms with Crippen LogP contribution in [0.1, 0.15) is 25.8 Å². The minimum atomic E-state index is -3.74. The Kier molecular flexibility index (Phi) is 5.88. The maximum Gasteiger partial charge on any atom is 0.304 e. The Balaban J connectivity index is 3.05. The van der Waals surface area contributed by atoms with Gasteiger partial charge >= 0.3 is 5.97 Å². The van der Waals surface area contributed by atoms with Gasteiger partial charge in [-0.05, 0) is 31.5 Å². The van der Waals surface area contributed by atoms with Gasteiger partial charge in [0.25, 0.3) is 0 Å². The van der Waals surface area contributed by atoms with Gasteiger partial charge in [-0.25, -0.2) is 8.42 Å². The van der Waals surface area contributed by atoms with Crippen LogP contribution in [0.4, 0.5) is 0 Å². The van der Waals surface area contributed by atoms with Gasteiger partial charge in [-0.3, -0.25) is 4.79 Å². The highest BCUT2D eigenvalue weighted by atomic mass is 32.2. The molecule has 0 spiro atoms. The zero-order valence-electron chi connectivity index (χ0n) is 12.0. The number of hydrogen-bond acceptors (Lipinski definition) is 4. The van der Waals surface area contributed by atoms with Gasteiger partial charge in [0.2, 0.25) is 10.0 Å². The molecular formula is C14H18N2O4S. The molecule has 0 aliphatic rings. The summed E-state index contributed by atoms with van der Waals surface area (Å²) in [6, 6.07) is 7.71. The van der Waals surface area contributed by atoms with E-state index in [1.807, 2.05) is 6.07 Å². The number of rotatable bonds is 7. The molecule has 0 bridgehead atoms. The van der Waals surface area contributed by atoms with Gasteiger partial charge in [-0.15, -0.1) is 0 Å². The van der Waals surface area contributed by atoms with Crippen LogP contribution in [-0.4, -0.2) is 36.4 Å². The van der Waals surface area contributed by atoms with Crippen molar-refractivity contribution in [1.82, 2.24) is 4.31 Å². The van der Waals surface area contributed by atoms with Gasteiger partial charge in [-0.2, -0.15) is 9.57 Å². The Bertz CT molecular complexity index is 630. The Morgan fingerprint density at radius 3 is 2.33 bits per heavy atom. The fraction of sp³-hybridized carbons (Fsp3) is 0.429. The minimum absolute atomic E-state index is 0.0741. The summed E-state index contributed by atoms with van der Waals surface area (Å²) >= 11 is 0. The molecule has 0 aliphatic carbocycles. The molecule has 0 amide bonds. The van der Waals surface area contributed by atoms with Gasteiger partial charge in [0.1, 0.15) is 0 Å². The average molecular weight is 310 g/mol. The Morgan fingerprint density at radius 2 is 1.90 bits per heavy atom. The topological polar surface area (TPSA) is 98.5 Å². The number of benzene rings is 1. The van der Waals surface area contributed by atoms with E-state index < -0.39 is 16.0 Å². The number of carboxylic acids is 1. The molecule has 0 unspecified atom stereocenters. The molecular weight excluding hydrogens is 292 g/mol. The first-order valence-electron chi connectivity index (χ1n) is 6.48. The first-order valence-corrected chi connectivity index (χ1v) is 7.92. The molecule has 0 atom stereocenters. The second-order valence-corrected chi connectivity index (χ2v) is 6.72. The normalized spacial score (nSPS) is 11.6. The van der Waals surface area contributed by atoms with Crippen LogP contribution in [-0.2, 0) is 21.2 Å². The fourth-order valence-corrected chi connectivity index (χ4v) is 3.51. The van der Waals surface area contributed by atoms with Crippen molar-refractivity contribution in [3.05, 3.63) is 29.8 Å². The molecule has 0 saturated carbocycles. The molecule has 114 valence electrons. The fourth-order valence-electron chi connectivity index (χ4n) is 1.87. The molecule has 1 rings (SSSR count). The smallest absolute Gasteiger partial charge is 0.304 e. The van der Waals surface area contributed by atoms with Crippen molar-refractivity contribution in [1.29, 1.82) is 5.26 Å². The van der Waals surface area contributed by atoms with E-state index in [1.54, 1.807) is 26.0 Å². The van der Waals surface area contributed by atoms with E-state index in [1.165, 1.54) is 16.4 Å². The third kappa shape index (κ3) is 4.55. The first kappa shape index (κ1) is 17.1. The molecule has 0 fully saturated rings. The van der Waals surface area contributed by atoms with Crippen molar-refractivity contribution in [2.45, 2.75) is 37.6 Å². The maximum atomic E-state index is 12.5. The van der Waals surface area contributed by atoms with Crippen LogP contribution in [0.5, 0.6) is 0 Å². The number of aliphatic carboxylic acids is 1. The minimum Gasteiger partial charge on any atom is -0.481 e. The Hall–Kier alpha value is -1.91. The molecule has 0 aliphatic heterocycles. The van der Waals surface area contributed by atoms with Crippen molar-refractivity contribution in [2.75, 3.05) is 6.54 Å². The van der Waals surface area contributed by atoms with Gasteiger partial charge in [0.15, 0.2) is 0 Å². The van der Waals surface area contributed by atoms with Crippen molar-refractivity contribution in [2.24, 2.45) is 0 Å². The molecule has 6 nitrogen and oxygen atoms in total. The molecule has 0 saturated heterocycles. The number of nitriles is 1. The Labute approximate surface area is 124 Å². The van der Waals surface area contributed by atoms with Crippen molar-refractivity contribution >= 4 is 16.0 Å². The van der Waals surface area contributed by atoms with Crippen molar-refractivity contribution in [3.63, 3.8) is 0 Å². The highest BCUT2D eigenvalue weighted by Gasteiger charge is 2.27. The summed E-state index contributed by atoms with van der Waals surface area (Å²) in [6.07, 6.45) is -0.0306. The third-order valence-corrected chi connectivity index (χ3v) is 5.02. The standard InChI is InChI=1S/C14H18N2O4S/c1-11(2)16(10-8-14(17)18)21(19,20)13-5-3-12(4-6-13)7-9-15/h3-6,11H,7-8,10H2,1-2H3,(H,17,18). The number of nitrogens with zero attached hydrogens (tertiary/aromatic N) is 2. The van der Waals surface area contributed by atoms with Crippen LogP contribution in [0, 0.1) is 11.3 Å². The summed E-state index contributed by atoms with van der Waals surface area (Å²) in [5, 5.41) is 17.3. The molecule has 0 aromatic heterocycles. The van der Waals surface area contributed by atoms with Crippen molar-refractivity contribution < 1.29 is 18.3 Å². The zero-order chi connectivity index (χ0) is 16.0. The van der Waals surface area contributed by atoms with E-state index in [-0.39, 0.29) is 30.3 Å².